The van der Waals surface area contributed by atoms with Gasteiger partial charge in [0.1, 0.15) is 0 Å². The largest absolute Gasteiger partial charge is 0.312 e. The van der Waals surface area contributed by atoms with Gasteiger partial charge in [0.2, 0.25) is 0 Å². The lowest BCUT2D eigenvalue weighted by Crippen LogP contribution is -2.39. The topological polar surface area (TPSA) is 35.8 Å². The van der Waals surface area contributed by atoms with Crippen molar-refractivity contribution in [2.75, 3.05) is 6.54 Å². The first-order valence-electron chi connectivity index (χ1n) is 6.48. The van der Waals surface area contributed by atoms with Gasteiger partial charge in [-0.15, -0.1) is 0 Å². The van der Waals surface area contributed by atoms with Crippen LogP contribution in [0.4, 0.5) is 0 Å². The van der Waals surface area contributed by atoms with Crippen LogP contribution >= 0.6 is 0 Å². The summed E-state index contributed by atoms with van der Waals surface area (Å²) in [4.78, 5) is 0. The summed E-state index contributed by atoms with van der Waals surface area (Å²) in [5.74, 6) is 0. The number of nitrogens with one attached hydrogen (secondary N) is 1. The lowest BCUT2D eigenvalue weighted by molar-refractivity contribution is 0.124. The maximum absolute atomic E-state index is 8.72. The molecule has 0 amide bonds. The summed E-state index contributed by atoms with van der Waals surface area (Å²) in [6.07, 6.45) is 5.44. The Kier molecular flexibility index (Phi) is 3.81. The van der Waals surface area contributed by atoms with Crippen molar-refractivity contribution in [2.45, 2.75) is 39.2 Å². The van der Waals surface area contributed by atoms with E-state index in [9.17, 15) is 0 Å². The summed E-state index contributed by atoms with van der Waals surface area (Å²) >= 11 is 0. The van der Waals surface area contributed by atoms with Gasteiger partial charge in [0.05, 0.1) is 11.6 Å². The zero-order valence-electron chi connectivity index (χ0n) is 10.5. The molecule has 1 aliphatic rings. The van der Waals surface area contributed by atoms with Crippen molar-refractivity contribution in [3.63, 3.8) is 0 Å². The Morgan fingerprint density at radius 1 is 1.29 bits per heavy atom. The molecule has 0 heterocycles. The molecular weight excluding hydrogens is 208 g/mol. The van der Waals surface area contributed by atoms with Crippen molar-refractivity contribution in [3.05, 3.63) is 35.4 Å². The molecule has 2 nitrogen and oxygen atoms in total. The Morgan fingerprint density at radius 2 is 2.00 bits per heavy atom. The van der Waals surface area contributed by atoms with Crippen LogP contribution in [-0.2, 0) is 6.54 Å². The van der Waals surface area contributed by atoms with Gasteiger partial charge < -0.3 is 5.32 Å². The van der Waals surface area contributed by atoms with Crippen LogP contribution in [0.15, 0.2) is 24.3 Å². The van der Waals surface area contributed by atoms with E-state index in [0.29, 0.717) is 5.41 Å². The van der Waals surface area contributed by atoms with Crippen LogP contribution in [0.25, 0.3) is 0 Å². The molecule has 1 N–H and O–H groups in total. The normalized spacial score (nSPS) is 17.2. The average molecular weight is 228 g/mol. The Labute approximate surface area is 104 Å². The third kappa shape index (κ3) is 2.87. The second kappa shape index (κ2) is 5.33. The lowest BCUT2D eigenvalue weighted by Gasteiger charge is -2.41. The minimum absolute atomic E-state index is 0.576. The van der Waals surface area contributed by atoms with Gasteiger partial charge in [-0.2, -0.15) is 5.26 Å². The predicted octanol–water partition coefficient (Wildman–Crippen LogP) is 3.23. The van der Waals surface area contributed by atoms with Gasteiger partial charge in [0, 0.05) is 13.1 Å². The van der Waals surface area contributed by atoms with E-state index in [1.54, 1.807) is 0 Å². The molecule has 1 aromatic rings. The maximum atomic E-state index is 8.72. The molecular formula is C15H20N2. The van der Waals surface area contributed by atoms with E-state index in [-0.39, 0.29) is 0 Å². The fourth-order valence-corrected chi connectivity index (χ4v) is 2.50. The lowest BCUT2D eigenvalue weighted by atomic mass is 9.67. The number of nitrogens with zero attached hydrogens (tertiary/aromatic N) is 1. The molecule has 0 bridgehead atoms. The molecule has 2 rings (SSSR count). The predicted molar refractivity (Wildman–Crippen MR) is 69.4 cm³/mol. The van der Waals surface area contributed by atoms with Crippen LogP contribution in [-0.4, -0.2) is 6.54 Å². The van der Waals surface area contributed by atoms with Gasteiger partial charge in [-0.1, -0.05) is 25.5 Å². The standard InChI is InChI=1S/C15H20N2/c1-2-15(8-3-9-15)12-17-11-14-6-4-13(10-16)5-7-14/h4-7,17H,2-3,8-9,11-12H2,1H3. The van der Waals surface area contributed by atoms with Crippen LogP contribution in [0, 0.1) is 16.7 Å². The van der Waals surface area contributed by atoms with Crippen LogP contribution in [0.2, 0.25) is 0 Å². The van der Waals surface area contributed by atoms with Crippen molar-refractivity contribution in [1.29, 1.82) is 5.26 Å². The van der Waals surface area contributed by atoms with Crippen molar-refractivity contribution in [1.82, 2.24) is 5.32 Å². The Morgan fingerprint density at radius 3 is 2.47 bits per heavy atom. The molecule has 0 aromatic heterocycles. The highest BCUT2D eigenvalue weighted by atomic mass is 14.9. The summed E-state index contributed by atoms with van der Waals surface area (Å²) in [5.41, 5.74) is 2.57. The van der Waals surface area contributed by atoms with Gasteiger partial charge in [0.15, 0.2) is 0 Å². The molecule has 2 heteroatoms. The van der Waals surface area contributed by atoms with Crippen LogP contribution < -0.4 is 5.32 Å². The molecule has 1 aromatic carbocycles. The summed E-state index contributed by atoms with van der Waals surface area (Å²) in [6.45, 7) is 4.33. The van der Waals surface area contributed by atoms with Gasteiger partial charge >= 0.3 is 0 Å². The van der Waals surface area contributed by atoms with E-state index >= 15 is 0 Å². The van der Waals surface area contributed by atoms with Crippen LogP contribution in [0.5, 0.6) is 0 Å². The highest BCUT2D eigenvalue weighted by Crippen LogP contribution is 2.43. The first-order valence-corrected chi connectivity index (χ1v) is 6.48. The Hall–Kier alpha value is -1.33. The maximum Gasteiger partial charge on any atom is 0.0991 e. The smallest absolute Gasteiger partial charge is 0.0991 e. The minimum Gasteiger partial charge on any atom is -0.312 e. The zero-order chi connectivity index (χ0) is 12.1. The first-order chi connectivity index (χ1) is 8.28. The van der Waals surface area contributed by atoms with Crippen LogP contribution in [0.3, 0.4) is 0 Å². The summed E-state index contributed by atoms with van der Waals surface area (Å²) < 4.78 is 0. The molecule has 1 fully saturated rings. The van der Waals surface area contributed by atoms with Crippen molar-refractivity contribution in [2.24, 2.45) is 5.41 Å². The third-order valence-electron chi connectivity index (χ3n) is 4.08. The average Bonchev–Trinajstić information content (AvgIpc) is 2.33. The van der Waals surface area contributed by atoms with Gasteiger partial charge in [-0.3, -0.25) is 0 Å². The van der Waals surface area contributed by atoms with Gasteiger partial charge in [-0.25, -0.2) is 0 Å². The Bertz CT molecular complexity index is 390. The molecule has 0 radical (unpaired) electrons. The minimum atomic E-state index is 0.576. The first kappa shape index (κ1) is 12.1. The number of hydrogen-bond donors (Lipinski definition) is 1. The summed E-state index contributed by atoms with van der Waals surface area (Å²) in [5, 5.41) is 12.3. The summed E-state index contributed by atoms with van der Waals surface area (Å²) in [6, 6.07) is 9.98. The number of rotatable bonds is 5. The third-order valence-corrected chi connectivity index (χ3v) is 4.08. The van der Waals surface area contributed by atoms with Crippen molar-refractivity contribution < 1.29 is 0 Å². The SMILES string of the molecule is CCC1(CNCc2ccc(C#N)cc2)CCC1. The molecule has 0 atom stereocenters. The van der Waals surface area contributed by atoms with E-state index < -0.39 is 0 Å². The second-order valence-electron chi connectivity index (χ2n) is 5.12. The fraction of sp³-hybridized carbons (Fsp3) is 0.533. The second-order valence-corrected chi connectivity index (χ2v) is 5.12. The molecule has 0 spiro atoms. The van der Waals surface area contributed by atoms with Crippen LogP contribution in [0.1, 0.15) is 43.7 Å². The van der Waals surface area contributed by atoms with Gasteiger partial charge in [-0.05, 0) is 42.4 Å². The fourth-order valence-electron chi connectivity index (χ4n) is 2.50. The van der Waals surface area contributed by atoms with E-state index in [1.165, 1.54) is 31.2 Å². The molecule has 1 aliphatic carbocycles. The Balaban J connectivity index is 1.80. The van der Waals surface area contributed by atoms with E-state index in [2.05, 4.69) is 18.3 Å². The van der Waals surface area contributed by atoms with Gasteiger partial charge in [0.25, 0.3) is 0 Å². The molecule has 90 valence electrons. The monoisotopic (exact) mass is 228 g/mol. The molecule has 17 heavy (non-hydrogen) atoms. The molecule has 0 unspecified atom stereocenters. The van der Waals surface area contributed by atoms with Crippen molar-refractivity contribution in [3.8, 4) is 6.07 Å². The van der Waals surface area contributed by atoms with E-state index in [4.69, 9.17) is 5.26 Å². The number of benzene rings is 1. The summed E-state index contributed by atoms with van der Waals surface area (Å²) in [7, 11) is 0. The molecule has 0 saturated heterocycles. The highest BCUT2D eigenvalue weighted by molar-refractivity contribution is 5.31. The highest BCUT2D eigenvalue weighted by Gasteiger charge is 2.34. The number of nitriles is 1. The van der Waals surface area contributed by atoms with E-state index in [1.807, 2.05) is 24.3 Å². The molecule has 0 aliphatic heterocycles. The van der Waals surface area contributed by atoms with Crippen molar-refractivity contribution >= 4 is 0 Å². The molecule has 1 saturated carbocycles. The zero-order valence-corrected chi connectivity index (χ0v) is 10.5. The number of hydrogen-bond acceptors (Lipinski definition) is 2. The van der Waals surface area contributed by atoms with E-state index in [0.717, 1.165) is 18.7 Å². The quantitative estimate of drug-likeness (QED) is 0.840.